The quantitative estimate of drug-likeness (QED) is 0.568. The molecule has 1 atom stereocenters. The van der Waals surface area contributed by atoms with Gasteiger partial charge >= 0.3 is 0 Å². The zero-order valence-corrected chi connectivity index (χ0v) is 18.5. The van der Waals surface area contributed by atoms with Gasteiger partial charge in [-0.3, -0.25) is 4.79 Å². The standard InChI is InChI=1S/C25H26N2O2S/c1-16-6-4-8-20(12-16)27-11-10-26(14-18(27)3)25(28)22-13-19-15-29-21-9-5-7-17(2)23(21)24(19)30-22/h4-9,12-13,18H,10-11,14-15H2,1-3H3/t18-/m0/s1. The summed E-state index contributed by atoms with van der Waals surface area (Å²) >= 11 is 1.61. The maximum Gasteiger partial charge on any atom is 0.264 e. The van der Waals surface area contributed by atoms with Crippen LogP contribution in [0.4, 0.5) is 5.69 Å². The molecule has 154 valence electrons. The van der Waals surface area contributed by atoms with Gasteiger partial charge in [0.25, 0.3) is 5.91 Å². The van der Waals surface area contributed by atoms with E-state index in [1.54, 1.807) is 11.3 Å². The molecule has 0 spiro atoms. The van der Waals surface area contributed by atoms with Crippen molar-refractivity contribution in [2.45, 2.75) is 33.4 Å². The minimum atomic E-state index is 0.139. The normalized spacial score (nSPS) is 17.9. The average molecular weight is 419 g/mol. The Morgan fingerprint density at radius 2 is 1.93 bits per heavy atom. The van der Waals surface area contributed by atoms with Gasteiger partial charge in [0.15, 0.2) is 0 Å². The predicted octanol–water partition coefficient (Wildman–Crippen LogP) is 5.28. The lowest BCUT2D eigenvalue weighted by Crippen LogP contribution is -2.53. The van der Waals surface area contributed by atoms with Gasteiger partial charge in [0.1, 0.15) is 12.4 Å². The van der Waals surface area contributed by atoms with Gasteiger partial charge in [-0.05, 0) is 56.2 Å². The number of piperazine rings is 1. The predicted molar refractivity (Wildman–Crippen MR) is 123 cm³/mol. The summed E-state index contributed by atoms with van der Waals surface area (Å²) in [5.41, 5.74) is 5.96. The summed E-state index contributed by atoms with van der Waals surface area (Å²) < 4.78 is 5.93. The van der Waals surface area contributed by atoms with E-state index in [9.17, 15) is 4.79 Å². The molecule has 1 saturated heterocycles. The molecule has 1 fully saturated rings. The number of rotatable bonds is 2. The number of anilines is 1. The van der Waals surface area contributed by atoms with Gasteiger partial charge in [0.05, 0.1) is 4.88 Å². The molecule has 2 aliphatic heterocycles. The number of hydrogen-bond donors (Lipinski definition) is 0. The third-order valence-electron chi connectivity index (χ3n) is 6.11. The van der Waals surface area contributed by atoms with Crippen LogP contribution >= 0.6 is 11.3 Å². The van der Waals surface area contributed by atoms with E-state index in [2.05, 4.69) is 56.0 Å². The number of ether oxygens (including phenoxy) is 1. The molecular weight excluding hydrogens is 392 g/mol. The lowest BCUT2D eigenvalue weighted by atomic mass is 10.0. The number of benzene rings is 2. The van der Waals surface area contributed by atoms with Crippen molar-refractivity contribution in [1.29, 1.82) is 0 Å². The van der Waals surface area contributed by atoms with Gasteiger partial charge in [-0.15, -0.1) is 11.3 Å². The van der Waals surface area contributed by atoms with Crippen LogP contribution in [0, 0.1) is 13.8 Å². The number of carbonyl (C=O) groups is 1. The molecule has 3 heterocycles. The maximum absolute atomic E-state index is 13.3. The van der Waals surface area contributed by atoms with E-state index in [-0.39, 0.29) is 11.9 Å². The second-order valence-electron chi connectivity index (χ2n) is 8.33. The van der Waals surface area contributed by atoms with Gasteiger partial charge in [-0.2, -0.15) is 0 Å². The first-order valence-electron chi connectivity index (χ1n) is 10.5. The van der Waals surface area contributed by atoms with Crippen molar-refractivity contribution in [3.63, 3.8) is 0 Å². The van der Waals surface area contributed by atoms with Crippen LogP contribution in [-0.4, -0.2) is 36.5 Å². The molecule has 1 amide bonds. The average Bonchev–Trinajstić information content (AvgIpc) is 3.17. The smallest absolute Gasteiger partial charge is 0.264 e. The van der Waals surface area contributed by atoms with Crippen LogP contribution in [-0.2, 0) is 6.61 Å². The monoisotopic (exact) mass is 418 g/mol. The van der Waals surface area contributed by atoms with Crippen LogP contribution < -0.4 is 9.64 Å². The molecule has 5 rings (SSSR count). The van der Waals surface area contributed by atoms with Crippen LogP contribution in [0.1, 0.15) is 33.3 Å². The van der Waals surface area contributed by atoms with E-state index in [0.717, 1.165) is 41.4 Å². The van der Waals surface area contributed by atoms with E-state index >= 15 is 0 Å². The Morgan fingerprint density at radius 1 is 1.10 bits per heavy atom. The zero-order chi connectivity index (χ0) is 20.8. The van der Waals surface area contributed by atoms with Gasteiger partial charge < -0.3 is 14.5 Å². The molecule has 0 saturated carbocycles. The summed E-state index contributed by atoms with van der Waals surface area (Å²) in [6, 6.07) is 17.1. The first kappa shape index (κ1) is 19.2. The number of thiophene rings is 1. The Hall–Kier alpha value is -2.79. The summed E-state index contributed by atoms with van der Waals surface area (Å²) in [4.78, 5) is 19.7. The Bertz CT molecular complexity index is 1120. The van der Waals surface area contributed by atoms with Crippen molar-refractivity contribution in [2.24, 2.45) is 0 Å². The summed E-state index contributed by atoms with van der Waals surface area (Å²) in [5.74, 6) is 1.06. The molecule has 0 aliphatic carbocycles. The van der Waals surface area contributed by atoms with Crippen LogP contribution in [0.5, 0.6) is 5.75 Å². The van der Waals surface area contributed by atoms with Gasteiger partial charge in [0.2, 0.25) is 0 Å². The van der Waals surface area contributed by atoms with Crippen molar-refractivity contribution in [2.75, 3.05) is 24.5 Å². The van der Waals surface area contributed by atoms with Gasteiger partial charge in [-0.1, -0.05) is 24.3 Å². The Labute approximate surface area is 181 Å². The summed E-state index contributed by atoms with van der Waals surface area (Å²) in [7, 11) is 0. The van der Waals surface area contributed by atoms with Crippen LogP contribution in [0.2, 0.25) is 0 Å². The molecule has 0 radical (unpaired) electrons. The highest BCUT2D eigenvalue weighted by Crippen LogP contribution is 2.44. The number of hydrogen-bond acceptors (Lipinski definition) is 4. The third-order valence-corrected chi connectivity index (χ3v) is 7.30. The largest absolute Gasteiger partial charge is 0.488 e. The first-order valence-corrected chi connectivity index (χ1v) is 11.3. The molecule has 0 bridgehead atoms. The van der Waals surface area contributed by atoms with Crippen LogP contribution in [0.25, 0.3) is 10.4 Å². The molecule has 0 unspecified atom stereocenters. The minimum Gasteiger partial charge on any atom is -0.488 e. The topological polar surface area (TPSA) is 32.8 Å². The fraction of sp³-hybridized carbons (Fsp3) is 0.320. The van der Waals surface area contributed by atoms with E-state index < -0.39 is 0 Å². The Morgan fingerprint density at radius 3 is 2.73 bits per heavy atom. The number of carbonyl (C=O) groups excluding carboxylic acids is 1. The van der Waals surface area contributed by atoms with Crippen LogP contribution in [0.3, 0.4) is 0 Å². The summed E-state index contributed by atoms with van der Waals surface area (Å²) in [6.07, 6.45) is 0. The number of fused-ring (bicyclic) bond motifs is 3. The van der Waals surface area contributed by atoms with Crippen molar-refractivity contribution >= 4 is 22.9 Å². The Kier molecular flexibility index (Phi) is 4.78. The highest BCUT2D eigenvalue weighted by atomic mass is 32.1. The zero-order valence-electron chi connectivity index (χ0n) is 17.6. The fourth-order valence-electron chi connectivity index (χ4n) is 4.55. The maximum atomic E-state index is 13.3. The molecule has 2 aromatic carbocycles. The van der Waals surface area contributed by atoms with E-state index in [1.807, 2.05) is 23.1 Å². The van der Waals surface area contributed by atoms with Crippen LogP contribution in [0.15, 0.2) is 48.5 Å². The molecule has 2 aliphatic rings. The minimum absolute atomic E-state index is 0.139. The molecular formula is C25H26N2O2S. The lowest BCUT2D eigenvalue weighted by molar-refractivity contribution is 0.0731. The van der Waals surface area contributed by atoms with Crippen molar-refractivity contribution < 1.29 is 9.53 Å². The van der Waals surface area contributed by atoms with Crippen molar-refractivity contribution in [3.05, 3.63) is 70.1 Å². The molecule has 1 aromatic heterocycles. The molecule has 3 aromatic rings. The number of nitrogens with zero attached hydrogens (tertiary/aromatic N) is 2. The van der Waals surface area contributed by atoms with Gasteiger partial charge in [-0.25, -0.2) is 0 Å². The fourth-order valence-corrected chi connectivity index (χ4v) is 5.80. The lowest BCUT2D eigenvalue weighted by Gasteiger charge is -2.41. The summed E-state index contributed by atoms with van der Waals surface area (Å²) in [6.45, 7) is 9.29. The SMILES string of the molecule is Cc1cccc(N2CCN(C(=O)c3cc4c(s3)-c3c(C)cccc3OC4)C[C@@H]2C)c1. The highest BCUT2D eigenvalue weighted by Gasteiger charge is 2.30. The third kappa shape index (κ3) is 3.27. The van der Waals surface area contributed by atoms with Gasteiger partial charge in [0, 0.05) is 47.4 Å². The van der Waals surface area contributed by atoms with E-state index in [0.29, 0.717) is 6.61 Å². The molecule has 30 heavy (non-hydrogen) atoms. The number of amides is 1. The number of aryl methyl sites for hydroxylation is 2. The molecule has 4 nitrogen and oxygen atoms in total. The highest BCUT2D eigenvalue weighted by molar-refractivity contribution is 7.17. The summed E-state index contributed by atoms with van der Waals surface area (Å²) in [5, 5.41) is 0. The van der Waals surface area contributed by atoms with E-state index in [4.69, 9.17) is 4.74 Å². The Balaban J connectivity index is 1.36. The van der Waals surface area contributed by atoms with Crippen molar-refractivity contribution in [1.82, 2.24) is 4.90 Å². The van der Waals surface area contributed by atoms with Crippen molar-refractivity contribution in [3.8, 4) is 16.2 Å². The molecule has 5 heteroatoms. The second kappa shape index (κ2) is 7.47. The van der Waals surface area contributed by atoms with E-state index in [1.165, 1.54) is 21.7 Å². The molecule has 0 N–H and O–H groups in total. The first-order chi connectivity index (χ1) is 14.5. The second-order valence-corrected chi connectivity index (χ2v) is 9.39.